The van der Waals surface area contributed by atoms with Gasteiger partial charge in [0.05, 0.1) is 7.11 Å². The fourth-order valence-corrected chi connectivity index (χ4v) is 3.76. The summed E-state index contributed by atoms with van der Waals surface area (Å²) in [5.41, 5.74) is 0.733. The summed E-state index contributed by atoms with van der Waals surface area (Å²) in [6.45, 7) is 3.24. The van der Waals surface area contributed by atoms with Crippen LogP contribution in [0.4, 0.5) is 10.5 Å². The molecule has 3 rings (SSSR count). The molecule has 0 atom stereocenters. The van der Waals surface area contributed by atoms with Crippen molar-refractivity contribution in [1.82, 2.24) is 9.80 Å². The number of urea groups is 1. The second-order valence-corrected chi connectivity index (χ2v) is 7.24. The van der Waals surface area contributed by atoms with Crippen LogP contribution in [0.15, 0.2) is 24.3 Å². The highest BCUT2D eigenvalue weighted by molar-refractivity contribution is 5.89. The van der Waals surface area contributed by atoms with E-state index in [9.17, 15) is 9.59 Å². The third-order valence-electron chi connectivity index (χ3n) is 5.39. The number of ether oxygens (including phenoxy) is 1. The summed E-state index contributed by atoms with van der Waals surface area (Å²) in [6, 6.07) is 7.28. The third kappa shape index (κ3) is 4.90. The molecule has 2 saturated heterocycles. The molecular weight excluding hydrogens is 330 g/mol. The monoisotopic (exact) mass is 359 g/mol. The van der Waals surface area contributed by atoms with Crippen LogP contribution in [0.5, 0.6) is 5.75 Å². The van der Waals surface area contributed by atoms with Gasteiger partial charge in [0.25, 0.3) is 0 Å². The summed E-state index contributed by atoms with van der Waals surface area (Å²) in [7, 11) is 1.61. The first-order valence-electron chi connectivity index (χ1n) is 9.63. The highest BCUT2D eigenvalue weighted by Gasteiger charge is 2.26. The van der Waals surface area contributed by atoms with E-state index in [1.54, 1.807) is 7.11 Å². The second-order valence-electron chi connectivity index (χ2n) is 7.24. The summed E-state index contributed by atoms with van der Waals surface area (Å²) >= 11 is 0. The Kier molecular flexibility index (Phi) is 6.36. The van der Waals surface area contributed by atoms with Gasteiger partial charge in [-0.05, 0) is 50.2 Å². The second kappa shape index (κ2) is 8.92. The van der Waals surface area contributed by atoms with Crippen LogP contribution in [0.2, 0.25) is 0 Å². The van der Waals surface area contributed by atoms with Crippen LogP contribution >= 0.6 is 0 Å². The standard InChI is InChI=1S/C20H29N3O3/c1-26-18-7-5-6-17(15-18)21-20(25)23-12-8-16(9-13-23)14-19(24)22-10-3-2-4-11-22/h5-7,15-16H,2-4,8-14H2,1H3,(H,21,25). The van der Waals surface area contributed by atoms with Gasteiger partial charge < -0.3 is 19.9 Å². The van der Waals surface area contributed by atoms with Crippen LogP contribution in [0.25, 0.3) is 0 Å². The molecule has 1 aromatic carbocycles. The molecule has 6 nitrogen and oxygen atoms in total. The van der Waals surface area contributed by atoms with Crippen LogP contribution in [-0.4, -0.2) is 55.0 Å². The molecule has 6 heteroatoms. The lowest BCUT2D eigenvalue weighted by atomic mass is 9.93. The lowest BCUT2D eigenvalue weighted by molar-refractivity contribution is -0.133. The Bertz CT molecular complexity index is 620. The van der Waals surface area contributed by atoms with Gasteiger partial charge in [-0.3, -0.25) is 4.79 Å². The molecule has 2 aliphatic heterocycles. The zero-order valence-electron chi connectivity index (χ0n) is 15.6. The molecule has 0 unspecified atom stereocenters. The molecule has 142 valence electrons. The van der Waals surface area contributed by atoms with Crippen molar-refractivity contribution in [1.29, 1.82) is 0 Å². The quantitative estimate of drug-likeness (QED) is 0.897. The van der Waals surface area contributed by atoms with E-state index in [1.165, 1.54) is 6.42 Å². The first kappa shape index (κ1) is 18.5. The summed E-state index contributed by atoms with van der Waals surface area (Å²) in [5.74, 6) is 1.41. The molecule has 26 heavy (non-hydrogen) atoms. The third-order valence-corrected chi connectivity index (χ3v) is 5.39. The molecule has 0 spiro atoms. The fraction of sp³-hybridized carbons (Fsp3) is 0.600. The molecule has 0 saturated carbocycles. The van der Waals surface area contributed by atoms with Gasteiger partial charge in [-0.15, -0.1) is 0 Å². The van der Waals surface area contributed by atoms with Gasteiger partial charge in [-0.1, -0.05) is 6.07 Å². The Labute approximate surface area is 155 Å². The minimum Gasteiger partial charge on any atom is -0.497 e. The van der Waals surface area contributed by atoms with Crippen molar-refractivity contribution in [3.63, 3.8) is 0 Å². The predicted molar refractivity (Wildman–Crippen MR) is 101 cm³/mol. The summed E-state index contributed by atoms with van der Waals surface area (Å²) in [4.78, 5) is 28.7. The maximum absolute atomic E-state index is 12.4. The summed E-state index contributed by atoms with van der Waals surface area (Å²) in [5, 5.41) is 2.93. The molecule has 3 amide bonds. The number of anilines is 1. The lowest BCUT2D eigenvalue weighted by Gasteiger charge is -2.33. The minimum atomic E-state index is -0.0842. The van der Waals surface area contributed by atoms with E-state index >= 15 is 0 Å². The van der Waals surface area contributed by atoms with Crippen LogP contribution in [-0.2, 0) is 4.79 Å². The first-order chi connectivity index (χ1) is 12.7. The van der Waals surface area contributed by atoms with Crippen LogP contribution in [0.3, 0.4) is 0 Å². The minimum absolute atomic E-state index is 0.0842. The Hall–Kier alpha value is -2.24. The van der Waals surface area contributed by atoms with Crippen LogP contribution in [0.1, 0.15) is 38.5 Å². The maximum Gasteiger partial charge on any atom is 0.321 e. The van der Waals surface area contributed by atoms with Crippen molar-refractivity contribution in [2.45, 2.75) is 38.5 Å². The molecule has 0 bridgehead atoms. The number of likely N-dealkylation sites (tertiary alicyclic amines) is 2. The van der Waals surface area contributed by atoms with E-state index in [2.05, 4.69) is 5.32 Å². The largest absolute Gasteiger partial charge is 0.497 e. The number of methoxy groups -OCH3 is 1. The van der Waals surface area contributed by atoms with Gasteiger partial charge in [0.15, 0.2) is 0 Å². The molecule has 0 radical (unpaired) electrons. The number of carbonyl (C=O) groups excluding carboxylic acids is 2. The molecule has 0 aromatic heterocycles. The van der Waals surface area contributed by atoms with Crippen molar-refractivity contribution >= 4 is 17.6 Å². The Morgan fingerprint density at radius 2 is 1.81 bits per heavy atom. The van der Waals surface area contributed by atoms with E-state index < -0.39 is 0 Å². The van der Waals surface area contributed by atoms with Gasteiger partial charge in [-0.25, -0.2) is 4.79 Å². The number of benzene rings is 1. The smallest absolute Gasteiger partial charge is 0.321 e. The van der Waals surface area contributed by atoms with Crippen molar-refractivity contribution in [3.05, 3.63) is 24.3 Å². The Morgan fingerprint density at radius 1 is 1.08 bits per heavy atom. The van der Waals surface area contributed by atoms with Gasteiger partial charge >= 0.3 is 6.03 Å². The van der Waals surface area contributed by atoms with E-state index in [-0.39, 0.29) is 6.03 Å². The Balaban J connectivity index is 1.44. The van der Waals surface area contributed by atoms with E-state index in [0.717, 1.165) is 50.2 Å². The fourth-order valence-electron chi connectivity index (χ4n) is 3.76. The average molecular weight is 359 g/mol. The van der Waals surface area contributed by atoms with Crippen molar-refractivity contribution in [3.8, 4) is 5.75 Å². The molecule has 1 N–H and O–H groups in total. The van der Waals surface area contributed by atoms with Crippen molar-refractivity contribution < 1.29 is 14.3 Å². The van der Waals surface area contributed by atoms with Crippen molar-refractivity contribution in [2.75, 3.05) is 38.6 Å². The molecule has 2 fully saturated rings. The zero-order chi connectivity index (χ0) is 18.4. The SMILES string of the molecule is COc1cccc(NC(=O)N2CCC(CC(=O)N3CCCCC3)CC2)c1. The lowest BCUT2D eigenvalue weighted by Crippen LogP contribution is -2.42. The molecular formula is C20H29N3O3. The summed E-state index contributed by atoms with van der Waals surface area (Å²) < 4.78 is 5.18. The van der Waals surface area contributed by atoms with Gasteiger partial charge in [-0.2, -0.15) is 0 Å². The number of hydrogen-bond acceptors (Lipinski definition) is 3. The highest BCUT2D eigenvalue weighted by Crippen LogP contribution is 2.24. The zero-order valence-corrected chi connectivity index (χ0v) is 15.6. The topological polar surface area (TPSA) is 61.9 Å². The van der Waals surface area contributed by atoms with E-state index in [4.69, 9.17) is 4.74 Å². The number of hydrogen-bond donors (Lipinski definition) is 1. The van der Waals surface area contributed by atoms with Gasteiger partial charge in [0.1, 0.15) is 5.75 Å². The van der Waals surface area contributed by atoms with Gasteiger partial charge in [0, 0.05) is 44.4 Å². The molecule has 1 aromatic rings. The van der Waals surface area contributed by atoms with Gasteiger partial charge in [0.2, 0.25) is 5.91 Å². The maximum atomic E-state index is 12.4. The van der Waals surface area contributed by atoms with E-state index in [0.29, 0.717) is 31.3 Å². The van der Waals surface area contributed by atoms with E-state index in [1.807, 2.05) is 34.1 Å². The average Bonchev–Trinajstić information content (AvgIpc) is 2.69. The normalized spacial score (nSPS) is 18.5. The Morgan fingerprint density at radius 3 is 2.50 bits per heavy atom. The number of nitrogens with one attached hydrogen (secondary N) is 1. The number of piperidine rings is 2. The first-order valence-corrected chi connectivity index (χ1v) is 9.63. The number of nitrogens with zero attached hydrogens (tertiary/aromatic N) is 2. The summed E-state index contributed by atoms with van der Waals surface area (Å²) in [6.07, 6.45) is 5.93. The highest BCUT2D eigenvalue weighted by atomic mass is 16.5. The predicted octanol–water partition coefficient (Wildman–Crippen LogP) is 3.34. The van der Waals surface area contributed by atoms with Crippen molar-refractivity contribution in [2.24, 2.45) is 5.92 Å². The molecule has 0 aliphatic carbocycles. The number of rotatable bonds is 4. The molecule has 2 heterocycles. The number of amides is 3. The van der Waals surface area contributed by atoms with Crippen LogP contribution < -0.4 is 10.1 Å². The molecule has 2 aliphatic rings. The van der Waals surface area contributed by atoms with Crippen LogP contribution in [0, 0.1) is 5.92 Å². The number of carbonyl (C=O) groups is 2.